The summed E-state index contributed by atoms with van der Waals surface area (Å²) in [6, 6.07) is 1.42. The van der Waals surface area contributed by atoms with Crippen molar-refractivity contribution in [3.8, 4) is 0 Å². The molecule has 0 atom stereocenters. The van der Waals surface area contributed by atoms with E-state index in [1.54, 1.807) is 6.20 Å². The number of aromatic nitrogens is 1. The van der Waals surface area contributed by atoms with Crippen LogP contribution in [0.4, 0.5) is 10.2 Å². The molecule has 0 aliphatic carbocycles. The van der Waals surface area contributed by atoms with Crippen molar-refractivity contribution in [3.63, 3.8) is 0 Å². The van der Waals surface area contributed by atoms with Gasteiger partial charge in [0.15, 0.2) is 11.6 Å². The standard InChI is InChI=1S/C11H16BrFN2O/c1-3-15(5-6-16-4-2)11-10(13)7-9(12)8-14-11/h7-8H,3-6H2,1-2H3. The Balaban J connectivity index is 2.70. The largest absolute Gasteiger partial charge is 0.380 e. The van der Waals surface area contributed by atoms with Gasteiger partial charge in [-0.1, -0.05) is 0 Å². The fraction of sp³-hybridized carbons (Fsp3) is 0.545. The number of nitrogens with zero attached hydrogens (tertiary/aromatic N) is 2. The average Bonchev–Trinajstić information content (AvgIpc) is 2.26. The third-order valence-corrected chi connectivity index (χ3v) is 2.61. The van der Waals surface area contributed by atoms with E-state index in [4.69, 9.17) is 4.74 Å². The minimum atomic E-state index is -0.312. The summed E-state index contributed by atoms with van der Waals surface area (Å²) in [5.74, 6) is 0.0677. The highest BCUT2D eigenvalue weighted by molar-refractivity contribution is 9.10. The maximum Gasteiger partial charge on any atom is 0.166 e. The molecule has 0 fully saturated rings. The molecule has 1 heterocycles. The first-order chi connectivity index (χ1) is 7.69. The zero-order valence-corrected chi connectivity index (χ0v) is 11.1. The molecular weight excluding hydrogens is 275 g/mol. The monoisotopic (exact) mass is 290 g/mol. The first-order valence-corrected chi connectivity index (χ1v) is 6.12. The Morgan fingerprint density at radius 1 is 1.50 bits per heavy atom. The van der Waals surface area contributed by atoms with Crippen molar-refractivity contribution in [2.75, 3.05) is 31.2 Å². The molecule has 0 unspecified atom stereocenters. The topological polar surface area (TPSA) is 25.4 Å². The number of hydrogen-bond acceptors (Lipinski definition) is 3. The second-order valence-electron chi connectivity index (χ2n) is 3.24. The molecule has 0 spiro atoms. The Morgan fingerprint density at radius 3 is 2.81 bits per heavy atom. The van der Waals surface area contributed by atoms with Crippen LogP contribution < -0.4 is 4.90 Å². The van der Waals surface area contributed by atoms with Gasteiger partial charge in [-0.2, -0.15) is 0 Å². The number of rotatable bonds is 6. The second kappa shape index (κ2) is 6.81. The summed E-state index contributed by atoms with van der Waals surface area (Å²) in [6.07, 6.45) is 1.60. The fourth-order valence-electron chi connectivity index (χ4n) is 1.37. The molecule has 1 aromatic heterocycles. The van der Waals surface area contributed by atoms with Crippen molar-refractivity contribution in [3.05, 3.63) is 22.6 Å². The highest BCUT2D eigenvalue weighted by Gasteiger charge is 2.11. The van der Waals surface area contributed by atoms with Gasteiger partial charge in [0.2, 0.25) is 0 Å². The van der Waals surface area contributed by atoms with Crippen LogP contribution in [-0.4, -0.2) is 31.3 Å². The summed E-state index contributed by atoms with van der Waals surface area (Å²) >= 11 is 3.19. The molecule has 0 saturated carbocycles. The maximum atomic E-state index is 13.6. The minimum absolute atomic E-state index is 0.312. The SMILES string of the molecule is CCOCCN(CC)c1ncc(Br)cc1F. The summed E-state index contributed by atoms with van der Waals surface area (Å²) in [5, 5.41) is 0. The minimum Gasteiger partial charge on any atom is -0.380 e. The number of pyridine rings is 1. The zero-order valence-electron chi connectivity index (χ0n) is 9.54. The zero-order chi connectivity index (χ0) is 12.0. The molecule has 0 aliphatic rings. The quantitative estimate of drug-likeness (QED) is 0.754. The molecule has 0 N–H and O–H groups in total. The van der Waals surface area contributed by atoms with Gasteiger partial charge in [-0.15, -0.1) is 0 Å². The van der Waals surface area contributed by atoms with Crippen LogP contribution in [0.25, 0.3) is 0 Å². The van der Waals surface area contributed by atoms with Gasteiger partial charge in [0.1, 0.15) is 0 Å². The Kier molecular flexibility index (Phi) is 5.69. The molecule has 0 aliphatic heterocycles. The summed E-state index contributed by atoms with van der Waals surface area (Å²) in [5.41, 5.74) is 0. The van der Waals surface area contributed by atoms with Crippen LogP contribution in [-0.2, 0) is 4.74 Å². The summed E-state index contributed by atoms with van der Waals surface area (Å²) in [6.45, 7) is 6.52. The van der Waals surface area contributed by atoms with E-state index in [1.807, 2.05) is 18.7 Å². The smallest absolute Gasteiger partial charge is 0.166 e. The third-order valence-electron chi connectivity index (χ3n) is 2.18. The number of anilines is 1. The van der Waals surface area contributed by atoms with Crippen LogP contribution in [0, 0.1) is 5.82 Å². The highest BCUT2D eigenvalue weighted by Crippen LogP contribution is 2.19. The van der Waals surface area contributed by atoms with Crippen molar-refractivity contribution in [1.82, 2.24) is 4.98 Å². The number of ether oxygens (including phenoxy) is 1. The summed E-state index contributed by atoms with van der Waals surface area (Å²) in [4.78, 5) is 5.93. The molecule has 1 aromatic rings. The van der Waals surface area contributed by atoms with Crippen molar-refractivity contribution >= 4 is 21.7 Å². The first kappa shape index (κ1) is 13.4. The fourth-order valence-corrected chi connectivity index (χ4v) is 1.68. The predicted molar refractivity (Wildman–Crippen MR) is 66.3 cm³/mol. The number of halogens is 2. The normalized spacial score (nSPS) is 10.5. The van der Waals surface area contributed by atoms with E-state index in [0.29, 0.717) is 36.6 Å². The lowest BCUT2D eigenvalue weighted by Gasteiger charge is -2.22. The lowest BCUT2D eigenvalue weighted by Crippen LogP contribution is -2.28. The lowest BCUT2D eigenvalue weighted by atomic mass is 10.4. The molecule has 0 bridgehead atoms. The van der Waals surface area contributed by atoms with Crippen LogP contribution in [0.1, 0.15) is 13.8 Å². The van der Waals surface area contributed by atoms with Gasteiger partial charge in [0.25, 0.3) is 0 Å². The maximum absolute atomic E-state index is 13.6. The van der Waals surface area contributed by atoms with Gasteiger partial charge in [-0.05, 0) is 35.8 Å². The van der Waals surface area contributed by atoms with Crippen molar-refractivity contribution in [1.29, 1.82) is 0 Å². The third kappa shape index (κ3) is 3.72. The average molecular weight is 291 g/mol. The van der Waals surface area contributed by atoms with E-state index >= 15 is 0 Å². The molecule has 0 radical (unpaired) electrons. The van der Waals surface area contributed by atoms with Crippen LogP contribution >= 0.6 is 15.9 Å². The van der Waals surface area contributed by atoms with E-state index in [0.717, 1.165) is 0 Å². The number of likely N-dealkylation sites (N-methyl/N-ethyl adjacent to an activating group) is 1. The highest BCUT2D eigenvalue weighted by atomic mass is 79.9. The predicted octanol–water partition coefficient (Wildman–Crippen LogP) is 2.85. The van der Waals surface area contributed by atoms with Crippen molar-refractivity contribution < 1.29 is 9.13 Å². The molecule has 0 amide bonds. The summed E-state index contributed by atoms with van der Waals surface area (Å²) < 4.78 is 19.5. The van der Waals surface area contributed by atoms with E-state index in [9.17, 15) is 4.39 Å². The van der Waals surface area contributed by atoms with E-state index < -0.39 is 0 Å². The van der Waals surface area contributed by atoms with Gasteiger partial charge < -0.3 is 9.64 Å². The second-order valence-corrected chi connectivity index (χ2v) is 4.15. The molecule has 3 nitrogen and oxygen atoms in total. The van der Waals surface area contributed by atoms with Crippen LogP contribution in [0.15, 0.2) is 16.7 Å². The Bertz CT molecular complexity index is 336. The molecule has 1 rings (SSSR count). The first-order valence-electron chi connectivity index (χ1n) is 5.32. The van der Waals surface area contributed by atoms with E-state index in [1.165, 1.54) is 6.07 Å². The van der Waals surface area contributed by atoms with Gasteiger partial charge in [-0.25, -0.2) is 9.37 Å². The van der Waals surface area contributed by atoms with Crippen LogP contribution in [0.3, 0.4) is 0 Å². The van der Waals surface area contributed by atoms with Gasteiger partial charge in [0, 0.05) is 30.4 Å². The molecular formula is C11H16BrFN2O. The molecule has 16 heavy (non-hydrogen) atoms. The van der Waals surface area contributed by atoms with E-state index in [-0.39, 0.29) is 5.82 Å². The van der Waals surface area contributed by atoms with Gasteiger partial charge >= 0.3 is 0 Å². The molecule has 0 saturated heterocycles. The molecule has 90 valence electrons. The van der Waals surface area contributed by atoms with Gasteiger partial charge in [0.05, 0.1) is 6.61 Å². The Labute approximate surface area is 104 Å². The van der Waals surface area contributed by atoms with Crippen LogP contribution in [0.2, 0.25) is 0 Å². The van der Waals surface area contributed by atoms with Gasteiger partial charge in [-0.3, -0.25) is 0 Å². The number of hydrogen-bond donors (Lipinski definition) is 0. The lowest BCUT2D eigenvalue weighted by molar-refractivity contribution is 0.154. The van der Waals surface area contributed by atoms with E-state index in [2.05, 4.69) is 20.9 Å². The Morgan fingerprint density at radius 2 is 2.25 bits per heavy atom. The van der Waals surface area contributed by atoms with Crippen LogP contribution in [0.5, 0.6) is 0 Å². The van der Waals surface area contributed by atoms with Crippen molar-refractivity contribution in [2.45, 2.75) is 13.8 Å². The van der Waals surface area contributed by atoms with Crippen molar-refractivity contribution in [2.24, 2.45) is 0 Å². The Hall–Kier alpha value is -0.680. The molecule has 0 aromatic carbocycles. The molecule has 5 heteroatoms. The summed E-state index contributed by atoms with van der Waals surface area (Å²) in [7, 11) is 0.